The number of dihydropyridines is 1. The molecule has 0 aliphatic carbocycles. The number of nitrogens with one attached hydrogen (secondary N) is 1. The highest BCUT2D eigenvalue weighted by Crippen LogP contribution is 2.47. The molecule has 4 aliphatic heterocycles. The number of likely N-dealkylation sites (tertiary alicyclic amines) is 1. The molecular formula is C30H38N4O6. The molecule has 0 saturated carbocycles. The fourth-order valence-corrected chi connectivity index (χ4v) is 5.81. The van der Waals surface area contributed by atoms with Gasteiger partial charge in [-0.05, 0) is 51.0 Å². The van der Waals surface area contributed by atoms with Crippen molar-refractivity contribution >= 4 is 12.1 Å². The monoisotopic (exact) mass is 550 g/mol. The van der Waals surface area contributed by atoms with Crippen LogP contribution in [0.3, 0.4) is 0 Å². The second-order valence-corrected chi connectivity index (χ2v) is 11.8. The molecule has 0 aromatic heterocycles. The molecule has 1 amide bonds. The van der Waals surface area contributed by atoms with Gasteiger partial charge >= 0.3 is 0 Å². The molecule has 0 radical (unpaired) electrons. The Hall–Kier alpha value is -3.39. The smallest absolute Gasteiger partial charge is 0.254 e. The van der Waals surface area contributed by atoms with Crippen molar-refractivity contribution in [3.63, 3.8) is 0 Å². The normalized spacial score (nSPS) is 31.9. The molecule has 5 rings (SSSR count). The molecule has 1 aromatic carbocycles. The zero-order chi connectivity index (χ0) is 28.8. The summed E-state index contributed by atoms with van der Waals surface area (Å²) in [6.07, 6.45) is 1.28. The van der Waals surface area contributed by atoms with E-state index in [2.05, 4.69) is 16.4 Å². The van der Waals surface area contributed by atoms with Crippen molar-refractivity contribution in [1.29, 1.82) is 5.26 Å². The first kappa shape index (κ1) is 28.1. The molecule has 4 heterocycles. The number of aliphatic imine (C=N–C) groups is 1. The molecule has 0 bridgehead atoms. The van der Waals surface area contributed by atoms with Gasteiger partial charge in [-0.2, -0.15) is 5.26 Å². The van der Waals surface area contributed by atoms with Crippen LogP contribution in [0.4, 0.5) is 0 Å². The molecule has 3 saturated heterocycles. The number of aliphatic hydroxyl groups excluding tert-OH is 1. The lowest BCUT2D eigenvalue weighted by Crippen LogP contribution is -2.46. The molecule has 10 heteroatoms. The molecule has 3 fully saturated rings. The van der Waals surface area contributed by atoms with E-state index in [-0.39, 0.29) is 24.7 Å². The summed E-state index contributed by atoms with van der Waals surface area (Å²) in [6.45, 7) is 10.3. The molecule has 214 valence electrons. The Kier molecular flexibility index (Phi) is 7.42. The first-order valence-electron chi connectivity index (χ1n) is 13.7. The number of benzene rings is 1. The number of aliphatic hydroxyl groups is 1. The van der Waals surface area contributed by atoms with E-state index >= 15 is 0 Å². The van der Waals surface area contributed by atoms with Gasteiger partial charge in [-0.1, -0.05) is 13.0 Å². The third-order valence-corrected chi connectivity index (χ3v) is 8.58. The van der Waals surface area contributed by atoms with E-state index in [0.29, 0.717) is 37.4 Å². The summed E-state index contributed by atoms with van der Waals surface area (Å²) in [6, 6.07) is 8.04. The van der Waals surface area contributed by atoms with Gasteiger partial charge in [0.15, 0.2) is 29.6 Å². The molecule has 40 heavy (non-hydrogen) atoms. The Morgan fingerprint density at radius 1 is 1.32 bits per heavy atom. The van der Waals surface area contributed by atoms with Crippen LogP contribution in [0.1, 0.15) is 58.9 Å². The number of ether oxygens (including phenoxy) is 4. The molecule has 2 N–H and O–H groups in total. The topological polar surface area (TPSA) is 126 Å². The Balaban J connectivity index is 1.32. The molecule has 0 spiro atoms. The van der Waals surface area contributed by atoms with Crippen LogP contribution < -0.4 is 14.8 Å². The maximum Gasteiger partial charge on any atom is 0.254 e. The first-order valence-corrected chi connectivity index (χ1v) is 13.7. The van der Waals surface area contributed by atoms with E-state index in [4.69, 9.17) is 18.9 Å². The molecule has 5 atom stereocenters. The van der Waals surface area contributed by atoms with Crippen LogP contribution in [0, 0.1) is 16.7 Å². The van der Waals surface area contributed by atoms with Crippen LogP contribution in [0.15, 0.2) is 45.7 Å². The van der Waals surface area contributed by atoms with Gasteiger partial charge in [-0.3, -0.25) is 9.79 Å². The van der Waals surface area contributed by atoms with Crippen LogP contribution in [-0.2, 0) is 14.3 Å². The summed E-state index contributed by atoms with van der Waals surface area (Å²) in [7, 11) is 1.60. The molecule has 4 aliphatic rings. The number of nitriles is 1. The number of hydrogen-bond acceptors (Lipinski definition) is 9. The number of nitrogens with zero attached hydrogens (tertiary/aromatic N) is 3. The van der Waals surface area contributed by atoms with E-state index in [1.54, 1.807) is 39.0 Å². The second kappa shape index (κ2) is 10.5. The predicted molar refractivity (Wildman–Crippen MR) is 148 cm³/mol. The number of carbonyl (C=O) groups is 1. The van der Waals surface area contributed by atoms with Gasteiger partial charge in [-0.25, -0.2) is 0 Å². The van der Waals surface area contributed by atoms with E-state index in [1.807, 2.05) is 32.0 Å². The lowest BCUT2D eigenvalue weighted by atomic mass is 9.72. The summed E-state index contributed by atoms with van der Waals surface area (Å²) in [5, 5.41) is 23.6. The largest absolute Gasteiger partial charge is 0.493 e. The van der Waals surface area contributed by atoms with Crippen molar-refractivity contribution in [1.82, 2.24) is 10.2 Å². The maximum absolute atomic E-state index is 13.4. The van der Waals surface area contributed by atoms with Gasteiger partial charge in [0, 0.05) is 54.7 Å². The summed E-state index contributed by atoms with van der Waals surface area (Å²) in [4.78, 5) is 19.6. The number of hydrogen-bond donors (Lipinski definition) is 2. The predicted octanol–water partition coefficient (Wildman–Crippen LogP) is 3.38. The van der Waals surface area contributed by atoms with Crippen LogP contribution in [0.5, 0.6) is 11.5 Å². The van der Waals surface area contributed by atoms with Gasteiger partial charge in [0.2, 0.25) is 0 Å². The molecular weight excluding hydrogens is 512 g/mol. The van der Waals surface area contributed by atoms with Gasteiger partial charge in [0.05, 0.1) is 31.6 Å². The summed E-state index contributed by atoms with van der Waals surface area (Å²) in [5.41, 5.74) is 3.80. The lowest BCUT2D eigenvalue weighted by molar-refractivity contribution is -0.159. The second-order valence-electron chi connectivity index (χ2n) is 11.8. The minimum atomic E-state index is -0.794. The SMILES string of the molecule is COc1ccc([C@@H]2CN(C(=O)[C@@H]3COC(C)(C)O3)C[C@@]2(C)[C@@H](C)O)cc1OC1CC(=C2CC(C#N)=C(C)C=N2)N1. The minimum absolute atomic E-state index is 0.126. The van der Waals surface area contributed by atoms with Crippen molar-refractivity contribution in [2.75, 3.05) is 26.8 Å². The van der Waals surface area contributed by atoms with Gasteiger partial charge in [-0.15, -0.1) is 0 Å². The Morgan fingerprint density at radius 3 is 2.70 bits per heavy atom. The van der Waals surface area contributed by atoms with E-state index in [1.165, 1.54) is 0 Å². The van der Waals surface area contributed by atoms with Crippen LogP contribution in [0.25, 0.3) is 0 Å². The fraction of sp³-hybridized carbons (Fsp3) is 0.567. The van der Waals surface area contributed by atoms with Gasteiger partial charge in [0.1, 0.15) is 0 Å². The first-order chi connectivity index (χ1) is 18.9. The third kappa shape index (κ3) is 5.21. The minimum Gasteiger partial charge on any atom is -0.493 e. The quantitative estimate of drug-likeness (QED) is 0.552. The Bertz CT molecular complexity index is 1320. The summed E-state index contributed by atoms with van der Waals surface area (Å²) >= 11 is 0. The van der Waals surface area contributed by atoms with E-state index in [9.17, 15) is 15.2 Å². The number of carbonyl (C=O) groups excluding carboxylic acids is 1. The number of methoxy groups -OCH3 is 1. The third-order valence-electron chi connectivity index (χ3n) is 8.58. The van der Waals surface area contributed by atoms with Crippen molar-refractivity contribution in [3.8, 4) is 17.6 Å². The number of amides is 1. The average molecular weight is 551 g/mol. The standard InChI is InChI=1S/C30H38N4O6/c1-17-13-32-22(9-20(17)12-31)23-11-27(33-23)39-25-10-19(7-8-24(25)37-6)21-14-34(16-30(21,5)18(2)35)28(36)26-15-38-29(3,4)40-26/h7-8,10,13,18,21,26-27,33,35H,9,11,14-16H2,1-6H3/t18-,21+,26+,27?,30+/m1/s1. The summed E-state index contributed by atoms with van der Waals surface area (Å²) in [5.74, 6) is 0.116. The zero-order valence-electron chi connectivity index (χ0n) is 24.0. The van der Waals surface area contributed by atoms with Crippen LogP contribution in [0.2, 0.25) is 0 Å². The van der Waals surface area contributed by atoms with Crippen molar-refractivity contribution in [3.05, 3.63) is 46.3 Å². The average Bonchev–Trinajstić information content (AvgIpc) is 3.46. The Morgan fingerprint density at radius 2 is 2.08 bits per heavy atom. The summed E-state index contributed by atoms with van der Waals surface area (Å²) < 4.78 is 23.3. The lowest BCUT2D eigenvalue weighted by Gasteiger charge is -2.35. The van der Waals surface area contributed by atoms with Gasteiger partial charge in [0.25, 0.3) is 5.91 Å². The van der Waals surface area contributed by atoms with Crippen LogP contribution in [-0.4, -0.2) is 73.2 Å². The van der Waals surface area contributed by atoms with Crippen molar-refractivity contribution < 1.29 is 28.8 Å². The van der Waals surface area contributed by atoms with Crippen molar-refractivity contribution in [2.24, 2.45) is 10.4 Å². The van der Waals surface area contributed by atoms with E-state index in [0.717, 1.165) is 28.1 Å². The van der Waals surface area contributed by atoms with Gasteiger partial charge < -0.3 is 34.3 Å². The Labute approximate surface area is 235 Å². The number of rotatable bonds is 6. The highest BCUT2D eigenvalue weighted by Gasteiger charge is 2.50. The van der Waals surface area contributed by atoms with Crippen molar-refractivity contribution in [2.45, 2.75) is 77.6 Å². The zero-order valence-corrected chi connectivity index (χ0v) is 24.0. The molecule has 1 unspecified atom stereocenters. The van der Waals surface area contributed by atoms with Crippen LogP contribution >= 0.6 is 0 Å². The highest BCUT2D eigenvalue weighted by atomic mass is 16.7. The molecule has 1 aromatic rings. The molecule has 10 nitrogen and oxygen atoms in total. The maximum atomic E-state index is 13.4. The number of allylic oxidation sites excluding steroid dienone is 2. The highest BCUT2D eigenvalue weighted by molar-refractivity contribution is 5.83. The van der Waals surface area contributed by atoms with E-state index < -0.39 is 23.4 Å². The fourth-order valence-electron chi connectivity index (χ4n) is 5.81.